The molecule has 0 saturated heterocycles. The van der Waals surface area contributed by atoms with Crippen molar-refractivity contribution in [1.82, 2.24) is 4.90 Å². The Labute approximate surface area is 107 Å². The van der Waals surface area contributed by atoms with Gasteiger partial charge in [-0.05, 0) is 5.56 Å². The summed E-state index contributed by atoms with van der Waals surface area (Å²) in [7, 11) is 1.47. The number of hydrogen-bond acceptors (Lipinski definition) is 4. The van der Waals surface area contributed by atoms with Crippen molar-refractivity contribution in [2.75, 3.05) is 26.9 Å². The van der Waals surface area contributed by atoms with Crippen molar-refractivity contribution in [3.63, 3.8) is 0 Å². The highest BCUT2D eigenvalue weighted by molar-refractivity contribution is 5.73. The van der Waals surface area contributed by atoms with E-state index in [1.807, 2.05) is 30.3 Å². The predicted molar refractivity (Wildman–Crippen MR) is 67.2 cm³/mol. The fourth-order valence-corrected chi connectivity index (χ4v) is 1.78. The van der Waals surface area contributed by atoms with E-state index >= 15 is 0 Å². The highest BCUT2D eigenvalue weighted by Crippen LogP contribution is 2.09. The number of carboxylic acid groups (broad SMARTS) is 1. The summed E-state index contributed by atoms with van der Waals surface area (Å²) >= 11 is 0. The summed E-state index contributed by atoms with van der Waals surface area (Å²) < 4.78 is 4.93. The van der Waals surface area contributed by atoms with Crippen LogP contribution in [0.1, 0.15) is 5.56 Å². The molecule has 18 heavy (non-hydrogen) atoms. The molecule has 0 saturated carbocycles. The van der Waals surface area contributed by atoms with Crippen molar-refractivity contribution in [2.24, 2.45) is 0 Å². The number of hydrogen-bond donors (Lipinski definition) is 2. The molecule has 1 rings (SSSR count). The van der Waals surface area contributed by atoms with E-state index in [2.05, 4.69) is 0 Å². The molecule has 0 aromatic heterocycles. The number of methoxy groups -OCH3 is 1. The molecule has 0 radical (unpaired) electrons. The van der Waals surface area contributed by atoms with Crippen LogP contribution in [0, 0.1) is 0 Å². The SMILES string of the molecule is COCC(C(=O)O)N(CCO)Cc1ccccc1. The lowest BCUT2D eigenvalue weighted by atomic mass is 10.1. The largest absolute Gasteiger partial charge is 0.480 e. The normalized spacial score (nSPS) is 12.6. The topological polar surface area (TPSA) is 70.0 Å². The van der Waals surface area contributed by atoms with Gasteiger partial charge in [0.2, 0.25) is 0 Å². The molecule has 5 nitrogen and oxygen atoms in total. The summed E-state index contributed by atoms with van der Waals surface area (Å²) in [6, 6.07) is 8.81. The monoisotopic (exact) mass is 253 g/mol. The second kappa shape index (κ2) is 7.81. The van der Waals surface area contributed by atoms with Gasteiger partial charge < -0.3 is 14.9 Å². The summed E-state index contributed by atoms with van der Waals surface area (Å²) in [4.78, 5) is 12.9. The molecule has 0 aliphatic carbocycles. The fraction of sp³-hybridized carbons (Fsp3) is 0.462. The van der Waals surface area contributed by atoms with Gasteiger partial charge >= 0.3 is 5.97 Å². The average molecular weight is 253 g/mol. The molecule has 1 atom stereocenters. The van der Waals surface area contributed by atoms with Crippen LogP contribution < -0.4 is 0 Å². The minimum Gasteiger partial charge on any atom is -0.480 e. The third kappa shape index (κ3) is 4.44. The van der Waals surface area contributed by atoms with Gasteiger partial charge in [-0.25, -0.2) is 0 Å². The molecular weight excluding hydrogens is 234 g/mol. The van der Waals surface area contributed by atoms with E-state index in [-0.39, 0.29) is 13.2 Å². The van der Waals surface area contributed by atoms with Crippen molar-refractivity contribution < 1.29 is 19.7 Å². The molecule has 0 aliphatic heterocycles. The third-order valence-electron chi connectivity index (χ3n) is 2.67. The minimum absolute atomic E-state index is 0.0830. The van der Waals surface area contributed by atoms with Crippen LogP contribution in [-0.4, -0.2) is 54.0 Å². The Morgan fingerprint density at radius 1 is 1.39 bits per heavy atom. The Hall–Kier alpha value is -1.43. The fourth-order valence-electron chi connectivity index (χ4n) is 1.78. The summed E-state index contributed by atoms with van der Waals surface area (Å²) in [6.45, 7) is 0.791. The summed E-state index contributed by atoms with van der Waals surface area (Å²) in [6.07, 6.45) is 0. The first kappa shape index (κ1) is 14.6. The number of rotatable bonds is 8. The van der Waals surface area contributed by atoms with E-state index in [9.17, 15) is 9.90 Å². The number of nitrogens with zero attached hydrogens (tertiary/aromatic N) is 1. The molecule has 0 heterocycles. The Morgan fingerprint density at radius 2 is 2.06 bits per heavy atom. The zero-order chi connectivity index (χ0) is 13.4. The van der Waals surface area contributed by atoms with Crippen LogP contribution in [-0.2, 0) is 16.1 Å². The van der Waals surface area contributed by atoms with Gasteiger partial charge in [0.25, 0.3) is 0 Å². The van der Waals surface area contributed by atoms with Crippen LogP contribution >= 0.6 is 0 Å². The van der Waals surface area contributed by atoms with Crippen molar-refractivity contribution in [1.29, 1.82) is 0 Å². The molecule has 0 fully saturated rings. The van der Waals surface area contributed by atoms with Crippen LogP contribution in [0.2, 0.25) is 0 Å². The van der Waals surface area contributed by atoms with Crippen LogP contribution in [0.5, 0.6) is 0 Å². The highest BCUT2D eigenvalue weighted by Gasteiger charge is 2.25. The first-order chi connectivity index (χ1) is 8.69. The van der Waals surface area contributed by atoms with E-state index in [0.717, 1.165) is 5.56 Å². The van der Waals surface area contributed by atoms with Crippen molar-refractivity contribution >= 4 is 5.97 Å². The van der Waals surface area contributed by atoms with Crippen molar-refractivity contribution in [2.45, 2.75) is 12.6 Å². The van der Waals surface area contributed by atoms with Gasteiger partial charge in [0, 0.05) is 20.2 Å². The molecule has 2 N–H and O–H groups in total. The number of carboxylic acids is 1. The number of aliphatic carboxylic acids is 1. The quantitative estimate of drug-likeness (QED) is 0.709. The lowest BCUT2D eigenvalue weighted by molar-refractivity contribution is -0.145. The second-order valence-corrected chi connectivity index (χ2v) is 3.99. The maximum absolute atomic E-state index is 11.2. The van der Waals surface area contributed by atoms with Gasteiger partial charge in [-0.2, -0.15) is 0 Å². The van der Waals surface area contributed by atoms with E-state index in [1.54, 1.807) is 4.90 Å². The smallest absolute Gasteiger partial charge is 0.323 e. The van der Waals surface area contributed by atoms with Crippen LogP contribution in [0.3, 0.4) is 0 Å². The summed E-state index contributed by atoms with van der Waals surface area (Å²) in [5.74, 6) is -0.943. The van der Waals surface area contributed by atoms with Gasteiger partial charge in [0.15, 0.2) is 0 Å². The molecule has 100 valence electrons. The number of ether oxygens (including phenoxy) is 1. The lowest BCUT2D eigenvalue weighted by Crippen LogP contribution is -2.45. The van der Waals surface area contributed by atoms with E-state index in [4.69, 9.17) is 9.84 Å². The van der Waals surface area contributed by atoms with Crippen molar-refractivity contribution in [3.05, 3.63) is 35.9 Å². The first-order valence-corrected chi connectivity index (χ1v) is 5.79. The highest BCUT2D eigenvalue weighted by atomic mass is 16.5. The first-order valence-electron chi connectivity index (χ1n) is 5.79. The number of aliphatic hydroxyl groups excluding tert-OH is 1. The maximum atomic E-state index is 11.2. The zero-order valence-electron chi connectivity index (χ0n) is 10.5. The summed E-state index contributed by atoms with van der Waals surface area (Å²) in [5, 5.41) is 18.2. The standard InChI is InChI=1S/C13H19NO4/c1-18-10-12(13(16)17)14(7-8-15)9-11-5-3-2-4-6-11/h2-6,12,15H,7-10H2,1H3,(H,16,17). The Bertz CT molecular complexity index is 355. The van der Waals surface area contributed by atoms with E-state index in [0.29, 0.717) is 13.1 Å². The van der Waals surface area contributed by atoms with Crippen LogP contribution in [0.25, 0.3) is 0 Å². The number of benzene rings is 1. The Balaban J connectivity index is 2.76. The van der Waals surface area contributed by atoms with E-state index in [1.165, 1.54) is 7.11 Å². The molecule has 1 aromatic carbocycles. The zero-order valence-corrected chi connectivity index (χ0v) is 10.5. The molecular formula is C13H19NO4. The minimum atomic E-state index is -0.943. The Morgan fingerprint density at radius 3 is 2.56 bits per heavy atom. The van der Waals surface area contributed by atoms with Crippen molar-refractivity contribution in [3.8, 4) is 0 Å². The molecule has 0 bridgehead atoms. The van der Waals surface area contributed by atoms with Crippen LogP contribution in [0.4, 0.5) is 0 Å². The summed E-state index contributed by atoms with van der Waals surface area (Å²) in [5.41, 5.74) is 1.01. The Kier molecular flexibility index (Phi) is 6.35. The van der Waals surface area contributed by atoms with Gasteiger partial charge in [-0.15, -0.1) is 0 Å². The average Bonchev–Trinajstić information content (AvgIpc) is 2.36. The maximum Gasteiger partial charge on any atom is 0.323 e. The molecule has 0 spiro atoms. The molecule has 1 aromatic rings. The lowest BCUT2D eigenvalue weighted by Gasteiger charge is -2.27. The second-order valence-electron chi connectivity index (χ2n) is 3.99. The van der Waals surface area contributed by atoms with Gasteiger partial charge in [-0.1, -0.05) is 30.3 Å². The predicted octanol–water partition coefficient (Wildman–Crippen LogP) is 0.581. The number of carbonyl (C=O) groups is 1. The van der Waals surface area contributed by atoms with Gasteiger partial charge in [0.05, 0.1) is 13.2 Å². The van der Waals surface area contributed by atoms with Crippen LogP contribution in [0.15, 0.2) is 30.3 Å². The van der Waals surface area contributed by atoms with Gasteiger partial charge in [0.1, 0.15) is 6.04 Å². The van der Waals surface area contributed by atoms with E-state index < -0.39 is 12.0 Å². The van der Waals surface area contributed by atoms with Gasteiger partial charge in [-0.3, -0.25) is 9.69 Å². The molecule has 0 amide bonds. The molecule has 1 unspecified atom stereocenters. The third-order valence-corrected chi connectivity index (χ3v) is 2.67. The molecule has 0 aliphatic rings. The number of aliphatic hydroxyl groups is 1. The molecule has 5 heteroatoms.